The number of unbranched alkanes of at least 4 members (excludes halogenated alkanes) is 1. The summed E-state index contributed by atoms with van der Waals surface area (Å²) >= 11 is 0. The van der Waals surface area contributed by atoms with Crippen molar-refractivity contribution in [2.45, 2.75) is 96.2 Å². The van der Waals surface area contributed by atoms with Crippen molar-refractivity contribution in [2.24, 2.45) is 11.5 Å². The Morgan fingerprint density at radius 2 is 1.80 bits per heavy atom. The molecule has 0 saturated carbocycles. The van der Waals surface area contributed by atoms with Gasteiger partial charge < -0.3 is 37.3 Å². The van der Waals surface area contributed by atoms with Gasteiger partial charge in [-0.05, 0) is 57.7 Å². The lowest BCUT2D eigenvalue weighted by atomic mass is 9.91. The van der Waals surface area contributed by atoms with Crippen molar-refractivity contribution >= 4 is 34.4 Å². The number of carboxylic acids is 1. The van der Waals surface area contributed by atoms with Crippen LogP contribution in [0, 0.1) is 0 Å². The van der Waals surface area contributed by atoms with Gasteiger partial charge in [0.25, 0.3) is 0 Å². The summed E-state index contributed by atoms with van der Waals surface area (Å²) < 4.78 is 5.49. The molecule has 1 aromatic heterocycles. The summed E-state index contributed by atoms with van der Waals surface area (Å²) in [7, 11) is 1.64. The quantitative estimate of drug-likeness (QED) is 0.155. The molecular weight excluding hydrogens is 524 g/mol. The molecule has 0 radical (unpaired) electrons. The van der Waals surface area contributed by atoms with E-state index in [0.717, 1.165) is 47.3 Å². The number of methoxy groups -OCH3 is 1. The molecule has 1 unspecified atom stereocenters. The highest BCUT2D eigenvalue weighted by molar-refractivity contribution is 5.92. The van der Waals surface area contributed by atoms with Crippen LogP contribution < -0.4 is 32.2 Å². The number of aromatic nitrogens is 1. The molecule has 0 aliphatic carbocycles. The Balaban J connectivity index is 1.84. The highest BCUT2D eigenvalue weighted by Crippen LogP contribution is 2.31. The summed E-state index contributed by atoms with van der Waals surface area (Å²) in [5, 5.41) is 19.3. The van der Waals surface area contributed by atoms with Crippen molar-refractivity contribution in [3.8, 4) is 5.75 Å². The SMILES string of the molecule is COc1cc(NC(C)CCCNC(=O)CC[C@H](NC(=O)[C@@H](N)CCCCN)C(=O)O)c2nc(C(C)(C)C)ccc2c1. The van der Waals surface area contributed by atoms with Crippen LogP contribution in [-0.2, 0) is 19.8 Å². The van der Waals surface area contributed by atoms with Gasteiger partial charge >= 0.3 is 5.97 Å². The summed E-state index contributed by atoms with van der Waals surface area (Å²) in [6.45, 7) is 9.43. The third kappa shape index (κ3) is 11.2. The van der Waals surface area contributed by atoms with E-state index in [4.69, 9.17) is 21.2 Å². The average molecular weight is 573 g/mol. The van der Waals surface area contributed by atoms with Crippen molar-refractivity contribution in [3.05, 3.63) is 30.0 Å². The number of carboxylic acid groups (broad SMARTS) is 1. The van der Waals surface area contributed by atoms with Gasteiger partial charge in [-0.3, -0.25) is 14.6 Å². The second-order valence-electron chi connectivity index (χ2n) is 11.6. The number of fused-ring (bicyclic) bond motifs is 1. The Morgan fingerprint density at radius 3 is 2.44 bits per heavy atom. The zero-order valence-corrected chi connectivity index (χ0v) is 25.1. The zero-order chi connectivity index (χ0) is 30.6. The molecule has 3 atom stereocenters. The molecule has 1 heterocycles. The van der Waals surface area contributed by atoms with E-state index in [1.165, 1.54) is 0 Å². The number of anilines is 1. The van der Waals surface area contributed by atoms with Crippen molar-refractivity contribution in [2.75, 3.05) is 25.5 Å². The maximum atomic E-state index is 12.3. The second kappa shape index (κ2) is 16.1. The van der Waals surface area contributed by atoms with Gasteiger partial charge in [0.1, 0.15) is 11.8 Å². The topological polar surface area (TPSA) is 182 Å². The van der Waals surface area contributed by atoms with Crippen LogP contribution in [0.1, 0.15) is 78.3 Å². The fourth-order valence-electron chi connectivity index (χ4n) is 4.37. The summed E-state index contributed by atoms with van der Waals surface area (Å²) in [4.78, 5) is 41.1. The van der Waals surface area contributed by atoms with Crippen LogP contribution in [0.25, 0.3) is 10.9 Å². The first-order valence-corrected chi connectivity index (χ1v) is 14.4. The third-order valence-corrected chi connectivity index (χ3v) is 6.89. The van der Waals surface area contributed by atoms with Gasteiger partial charge in [-0.15, -0.1) is 0 Å². The highest BCUT2D eigenvalue weighted by atomic mass is 16.5. The maximum absolute atomic E-state index is 12.3. The van der Waals surface area contributed by atoms with Gasteiger partial charge in [-0.1, -0.05) is 33.3 Å². The van der Waals surface area contributed by atoms with Crippen LogP contribution in [0.15, 0.2) is 24.3 Å². The number of ether oxygens (including phenoxy) is 1. The third-order valence-electron chi connectivity index (χ3n) is 6.89. The largest absolute Gasteiger partial charge is 0.497 e. The number of carbonyl (C=O) groups is 3. The Hall–Kier alpha value is -3.44. The fraction of sp³-hybridized carbons (Fsp3) is 0.600. The van der Waals surface area contributed by atoms with Crippen LogP contribution in [0.3, 0.4) is 0 Å². The molecule has 0 aliphatic heterocycles. The maximum Gasteiger partial charge on any atom is 0.326 e. The number of nitrogens with two attached hydrogens (primary N) is 2. The van der Waals surface area contributed by atoms with Crippen molar-refractivity contribution in [1.82, 2.24) is 15.6 Å². The monoisotopic (exact) mass is 572 g/mol. The van der Waals surface area contributed by atoms with Gasteiger partial charge in [0.2, 0.25) is 11.8 Å². The van der Waals surface area contributed by atoms with Crippen LogP contribution in [-0.4, -0.2) is 66.2 Å². The lowest BCUT2D eigenvalue weighted by molar-refractivity contribution is -0.142. The number of nitrogens with one attached hydrogen (secondary N) is 3. The molecule has 11 nitrogen and oxygen atoms in total. The van der Waals surface area contributed by atoms with Crippen LogP contribution in [0.4, 0.5) is 5.69 Å². The number of rotatable bonds is 17. The van der Waals surface area contributed by atoms with E-state index in [1.807, 2.05) is 18.2 Å². The predicted molar refractivity (Wildman–Crippen MR) is 162 cm³/mol. The number of pyridine rings is 1. The van der Waals surface area contributed by atoms with Gasteiger partial charge in [0.05, 0.1) is 24.4 Å². The minimum absolute atomic E-state index is 0.0210. The molecule has 2 amide bonds. The van der Waals surface area contributed by atoms with E-state index in [9.17, 15) is 19.5 Å². The second-order valence-corrected chi connectivity index (χ2v) is 11.6. The molecule has 0 fully saturated rings. The molecule has 11 heteroatoms. The number of hydrogen-bond donors (Lipinski definition) is 6. The lowest BCUT2D eigenvalue weighted by Gasteiger charge is -2.21. The highest BCUT2D eigenvalue weighted by Gasteiger charge is 2.24. The first kappa shape index (κ1) is 33.8. The Morgan fingerprint density at radius 1 is 1.07 bits per heavy atom. The standard InChI is InChI=1S/C30H48N6O5/c1-19(34-24-18-21(41-5)17-20-11-13-25(30(2,3)4)36-27(20)24)9-8-16-33-26(37)14-12-23(29(39)40)35-28(38)22(32)10-6-7-15-31/h11,13,17-19,22-23,34H,6-10,12,14-16,31-32H2,1-5H3,(H,33,37)(H,35,38)(H,39,40)/t19?,22-,23-/m0/s1. The summed E-state index contributed by atoms with van der Waals surface area (Å²) in [5.74, 6) is -1.26. The molecular formula is C30H48N6O5. The summed E-state index contributed by atoms with van der Waals surface area (Å²) in [6.07, 6.45) is 3.31. The lowest BCUT2D eigenvalue weighted by Crippen LogP contribution is -2.48. The predicted octanol–water partition coefficient (Wildman–Crippen LogP) is 3.04. The Kier molecular flexibility index (Phi) is 13.3. The van der Waals surface area contributed by atoms with E-state index in [1.54, 1.807) is 7.11 Å². The molecule has 0 bridgehead atoms. The Bertz CT molecular complexity index is 1170. The van der Waals surface area contributed by atoms with Gasteiger partial charge in [-0.2, -0.15) is 0 Å². The smallest absolute Gasteiger partial charge is 0.326 e. The minimum Gasteiger partial charge on any atom is -0.497 e. The molecule has 2 aromatic rings. The number of carbonyl (C=O) groups excluding carboxylic acids is 2. The van der Waals surface area contributed by atoms with Gasteiger partial charge in [0, 0.05) is 41.6 Å². The molecule has 2 rings (SSSR count). The van der Waals surface area contributed by atoms with Crippen molar-refractivity contribution in [3.63, 3.8) is 0 Å². The minimum atomic E-state index is -1.20. The molecule has 228 valence electrons. The fourth-order valence-corrected chi connectivity index (χ4v) is 4.37. The molecule has 0 aliphatic rings. The average Bonchev–Trinajstić information content (AvgIpc) is 2.92. The number of hydrogen-bond acceptors (Lipinski definition) is 8. The van der Waals surface area contributed by atoms with E-state index in [0.29, 0.717) is 25.9 Å². The summed E-state index contributed by atoms with van der Waals surface area (Å²) in [6, 6.07) is 6.15. The van der Waals surface area contributed by atoms with Crippen molar-refractivity contribution < 1.29 is 24.2 Å². The number of benzene rings is 1. The van der Waals surface area contributed by atoms with E-state index in [2.05, 4.69) is 49.7 Å². The number of amides is 2. The normalized spacial score (nSPS) is 13.7. The molecule has 0 saturated heterocycles. The molecule has 41 heavy (non-hydrogen) atoms. The number of nitrogens with zero attached hydrogens (tertiary/aromatic N) is 1. The van der Waals surface area contributed by atoms with Crippen LogP contribution in [0.5, 0.6) is 5.75 Å². The molecule has 0 spiro atoms. The van der Waals surface area contributed by atoms with Crippen molar-refractivity contribution in [1.29, 1.82) is 0 Å². The van der Waals surface area contributed by atoms with Crippen LogP contribution in [0.2, 0.25) is 0 Å². The first-order chi connectivity index (χ1) is 19.3. The van der Waals surface area contributed by atoms with Crippen LogP contribution >= 0.6 is 0 Å². The molecule has 1 aromatic carbocycles. The summed E-state index contributed by atoms with van der Waals surface area (Å²) in [5.41, 5.74) is 14.0. The van der Waals surface area contributed by atoms with E-state index in [-0.39, 0.29) is 30.2 Å². The first-order valence-electron chi connectivity index (χ1n) is 14.4. The molecule has 8 N–H and O–H groups in total. The van der Waals surface area contributed by atoms with E-state index < -0.39 is 24.0 Å². The number of aliphatic carboxylic acids is 1. The van der Waals surface area contributed by atoms with Gasteiger partial charge in [0.15, 0.2) is 0 Å². The van der Waals surface area contributed by atoms with Gasteiger partial charge in [-0.25, -0.2) is 4.79 Å². The van der Waals surface area contributed by atoms with E-state index >= 15 is 0 Å². The Labute approximate surface area is 243 Å². The zero-order valence-electron chi connectivity index (χ0n) is 25.1.